The van der Waals surface area contributed by atoms with Crippen LogP contribution in [0.5, 0.6) is 0 Å². The van der Waals surface area contributed by atoms with Gasteiger partial charge < -0.3 is 5.32 Å². The maximum atomic E-state index is 3.32. The molecule has 2 rings (SSSR count). The molecule has 1 aliphatic rings. The van der Waals surface area contributed by atoms with E-state index in [1.54, 1.807) is 5.56 Å². The quantitative estimate of drug-likeness (QED) is 0.820. The summed E-state index contributed by atoms with van der Waals surface area (Å²) in [6.07, 6.45) is 7.02. The molecule has 1 unspecified atom stereocenters. The van der Waals surface area contributed by atoms with E-state index < -0.39 is 0 Å². The topological polar surface area (TPSA) is 12.0 Å². The monoisotopic (exact) mass is 245 g/mol. The first kappa shape index (κ1) is 13.6. The fraction of sp³-hybridized carbons (Fsp3) is 0.647. The van der Waals surface area contributed by atoms with Gasteiger partial charge in [0.1, 0.15) is 0 Å². The minimum Gasteiger partial charge on any atom is -0.320 e. The Labute approximate surface area is 112 Å². The first-order chi connectivity index (χ1) is 8.72. The molecule has 0 heterocycles. The number of aryl methyl sites for hydroxylation is 2. The lowest BCUT2D eigenvalue weighted by molar-refractivity contribution is 0.406. The van der Waals surface area contributed by atoms with Crippen molar-refractivity contribution in [2.45, 2.75) is 51.9 Å². The van der Waals surface area contributed by atoms with Crippen LogP contribution in [0.4, 0.5) is 0 Å². The zero-order chi connectivity index (χ0) is 13.0. The van der Waals surface area contributed by atoms with Crippen LogP contribution in [-0.4, -0.2) is 13.6 Å². The van der Waals surface area contributed by atoms with Crippen LogP contribution in [0, 0.1) is 19.8 Å². The largest absolute Gasteiger partial charge is 0.320 e. The third-order valence-corrected chi connectivity index (χ3v) is 4.50. The molecule has 1 aliphatic carbocycles. The van der Waals surface area contributed by atoms with E-state index >= 15 is 0 Å². The molecular formula is C17H27N. The van der Waals surface area contributed by atoms with Crippen LogP contribution in [0.25, 0.3) is 0 Å². The lowest BCUT2D eigenvalue weighted by atomic mass is 9.80. The molecule has 0 aromatic heterocycles. The SMILES string of the molecule is CNCCC(c1ccc(C)cc1C)C1CCCC1. The van der Waals surface area contributed by atoms with Gasteiger partial charge in [0.25, 0.3) is 0 Å². The Morgan fingerprint density at radius 3 is 2.56 bits per heavy atom. The highest BCUT2D eigenvalue weighted by Crippen LogP contribution is 2.40. The van der Waals surface area contributed by atoms with E-state index in [4.69, 9.17) is 0 Å². The van der Waals surface area contributed by atoms with Crippen molar-refractivity contribution < 1.29 is 0 Å². The average Bonchev–Trinajstić information content (AvgIpc) is 2.85. The number of hydrogen-bond donors (Lipinski definition) is 1. The van der Waals surface area contributed by atoms with Crippen LogP contribution in [0.15, 0.2) is 18.2 Å². The van der Waals surface area contributed by atoms with Gasteiger partial charge in [-0.05, 0) is 69.7 Å². The molecule has 1 heteroatoms. The van der Waals surface area contributed by atoms with Crippen molar-refractivity contribution in [2.24, 2.45) is 5.92 Å². The molecule has 1 aromatic rings. The van der Waals surface area contributed by atoms with Crippen LogP contribution in [-0.2, 0) is 0 Å². The second kappa shape index (κ2) is 6.38. The van der Waals surface area contributed by atoms with Gasteiger partial charge >= 0.3 is 0 Å². The van der Waals surface area contributed by atoms with Crippen molar-refractivity contribution in [2.75, 3.05) is 13.6 Å². The molecule has 100 valence electrons. The second-order valence-corrected chi connectivity index (χ2v) is 5.90. The van der Waals surface area contributed by atoms with E-state index in [1.165, 1.54) is 43.2 Å². The summed E-state index contributed by atoms with van der Waals surface area (Å²) in [5.74, 6) is 1.68. The number of hydrogen-bond acceptors (Lipinski definition) is 1. The summed E-state index contributed by atoms with van der Waals surface area (Å²) >= 11 is 0. The highest BCUT2D eigenvalue weighted by atomic mass is 14.8. The van der Waals surface area contributed by atoms with Crippen molar-refractivity contribution >= 4 is 0 Å². The summed E-state index contributed by atoms with van der Waals surface area (Å²) < 4.78 is 0. The van der Waals surface area contributed by atoms with Crippen LogP contribution in [0.2, 0.25) is 0 Å². The van der Waals surface area contributed by atoms with Crippen molar-refractivity contribution in [1.82, 2.24) is 5.32 Å². The van der Waals surface area contributed by atoms with Gasteiger partial charge in [-0.3, -0.25) is 0 Å². The molecule has 0 bridgehead atoms. The van der Waals surface area contributed by atoms with Crippen LogP contribution >= 0.6 is 0 Å². The van der Waals surface area contributed by atoms with Gasteiger partial charge in [0.15, 0.2) is 0 Å². The van der Waals surface area contributed by atoms with Gasteiger partial charge in [0.2, 0.25) is 0 Å². The zero-order valence-corrected chi connectivity index (χ0v) is 12.1. The summed E-state index contributed by atoms with van der Waals surface area (Å²) in [6.45, 7) is 5.60. The van der Waals surface area contributed by atoms with Crippen LogP contribution < -0.4 is 5.32 Å². The van der Waals surface area contributed by atoms with Gasteiger partial charge in [-0.25, -0.2) is 0 Å². The number of benzene rings is 1. The minimum absolute atomic E-state index is 0.764. The summed E-state index contributed by atoms with van der Waals surface area (Å²) in [5, 5.41) is 3.32. The summed E-state index contributed by atoms with van der Waals surface area (Å²) in [7, 11) is 2.06. The fourth-order valence-electron chi connectivity index (χ4n) is 3.55. The molecule has 1 N–H and O–H groups in total. The summed E-state index contributed by atoms with van der Waals surface area (Å²) in [6, 6.07) is 7.00. The van der Waals surface area contributed by atoms with Crippen LogP contribution in [0.1, 0.15) is 54.7 Å². The Kier molecular flexibility index (Phi) is 4.82. The highest BCUT2D eigenvalue weighted by molar-refractivity contribution is 5.33. The standard InChI is InChI=1S/C17H27N/c1-13-8-9-16(14(2)12-13)17(10-11-18-3)15-6-4-5-7-15/h8-9,12,15,17-18H,4-7,10-11H2,1-3H3. The predicted molar refractivity (Wildman–Crippen MR) is 79.2 cm³/mol. The summed E-state index contributed by atoms with van der Waals surface area (Å²) in [4.78, 5) is 0. The molecule has 1 fully saturated rings. The van der Waals surface area contributed by atoms with Crippen molar-refractivity contribution in [3.05, 3.63) is 34.9 Å². The van der Waals surface area contributed by atoms with Crippen LogP contribution in [0.3, 0.4) is 0 Å². The average molecular weight is 245 g/mol. The van der Waals surface area contributed by atoms with Gasteiger partial charge in [-0.15, -0.1) is 0 Å². The number of nitrogens with one attached hydrogen (secondary N) is 1. The third-order valence-electron chi connectivity index (χ3n) is 4.50. The molecule has 0 radical (unpaired) electrons. The van der Waals surface area contributed by atoms with Gasteiger partial charge in [0, 0.05) is 0 Å². The Bertz CT molecular complexity index is 377. The molecule has 1 nitrogen and oxygen atoms in total. The Morgan fingerprint density at radius 1 is 1.22 bits per heavy atom. The molecule has 1 saturated carbocycles. The second-order valence-electron chi connectivity index (χ2n) is 5.90. The lowest BCUT2D eigenvalue weighted by Crippen LogP contribution is -2.18. The molecule has 1 aromatic carbocycles. The maximum Gasteiger partial charge on any atom is -0.00460 e. The molecule has 0 saturated heterocycles. The molecule has 0 amide bonds. The molecule has 0 spiro atoms. The van der Waals surface area contributed by atoms with Crippen molar-refractivity contribution in [3.8, 4) is 0 Å². The maximum absolute atomic E-state index is 3.32. The highest BCUT2D eigenvalue weighted by Gasteiger charge is 2.26. The van der Waals surface area contributed by atoms with E-state index in [0.717, 1.165) is 18.4 Å². The smallest absolute Gasteiger partial charge is 0.00460 e. The minimum atomic E-state index is 0.764. The third kappa shape index (κ3) is 3.14. The zero-order valence-electron chi connectivity index (χ0n) is 12.1. The van der Waals surface area contributed by atoms with E-state index in [-0.39, 0.29) is 0 Å². The molecule has 18 heavy (non-hydrogen) atoms. The van der Waals surface area contributed by atoms with E-state index in [1.807, 2.05) is 0 Å². The first-order valence-electron chi connectivity index (χ1n) is 7.44. The predicted octanol–water partition coefficient (Wildman–Crippen LogP) is 4.19. The van der Waals surface area contributed by atoms with Gasteiger partial charge in [-0.2, -0.15) is 0 Å². The lowest BCUT2D eigenvalue weighted by Gasteiger charge is -2.26. The van der Waals surface area contributed by atoms with Crippen molar-refractivity contribution in [3.63, 3.8) is 0 Å². The van der Waals surface area contributed by atoms with Gasteiger partial charge in [-0.1, -0.05) is 36.6 Å². The molecule has 1 atom stereocenters. The number of rotatable bonds is 5. The fourth-order valence-corrected chi connectivity index (χ4v) is 3.55. The van der Waals surface area contributed by atoms with E-state index in [2.05, 4.69) is 44.4 Å². The van der Waals surface area contributed by atoms with E-state index in [0.29, 0.717) is 0 Å². The molecule has 0 aliphatic heterocycles. The normalized spacial score (nSPS) is 18.2. The van der Waals surface area contributed by atoms with Gasteiger partial charge in [0.05, 0.1) is 0 Å². The van der Waals surface area contributed by atoms with E-state index in [9.17, 15) is 0 Å². The first-order valence-corrected chi connectivity index (χ1v) is 7.44. The Morgan fingerprint density at radius 2 is 1.94 bits per heavy atom. The Hall–Kier alpha value is -0.820. The Balaban J connectivity index is 2.20. The van der Waals surface area contributed by atoms with Crippen molar-refractivity contribution in [1.29, 1.82) is 0 Å². The molecular weight excluding hydrogens is 218 g/mol. The summed E-state index contributed by atoms with van der Waals surface area (Å²) in [5.41, 5.74) is 4.47.